The van der Waals surface area contributed by atoms with E-state index in [0.717, 1.165) is 24.9 Å². The summed E-state index contributed by atoms with van der Waals surface area (Å²) in [5.74, 6) is -0.544. The van der Waals surface area contributed by atoms with Crippen molar-refractivity contribution in [2.24, 2.45) is 0 Å². The quantitative estimate of drug-likeness (QED) is 0.872. The topological polar surface area (TPSA) is 52.6 Å². The first kappa shape index (κ1) is 14.0. The molecule has 0 radical (unpaired) electrons. The number of hydrogen-bond donors (Lipinski definition) is 2. The van der Waals surface area contributed by atoms with Crippen molar-refractivity contribution in [3.05, 3.63) is 29.6 Å². The van der Waals surface area contributed by atoms with Gasteiger partial charge in [0, 0.05) is 12.2 Å². The molecule has 0 bridgehead atoms. The molecule has 1 aromatic rings. The summed E-state index contributed by atoms with van der Waals surface area (Å²) >= 11 is 0. The molecule has 104 valence electrons. The van der Waals surface area contributed by atoms with E-state index in [4.69, 9.17) is 0 Å². The Labute approximate surface area is 112 Å². The maximum atomic E-state index is 13.1. The van der Waals surface area contributed by atoms with Crippen molar-refractivity contribution >= 4 is 11.6 Å². The van der Waals surface area contributed by atoms with E-state index in [9.17, 15) is 14.3 Å². The molecule has 1 atom stereocenters. The van der Waals surface area contributed by atoms with Crippen LogP contribution in [0.1, 0.15) is 18.4 Å². The van der Waals surface area contributed by atoms with E-state index in [1.807, 2.05) is 11.8 Å². The first-order valence-corrected chi connectivity index (χ1v) is 6.51. The molecule has 0 aliphatic carbocycles. The summed E-state index contributed by atoms with van der Waals surface area (Å²) in [6.45, 7) is 3.38. The second-order valence-corrected chi connectivity index (χ2v) is 5.04. The lowest BCUT2D eigenvalue weighted by atomic mass is 10.1. The minimum Gasteiger partial charge on any atom is -0.392 e. The van der Waals surface area contributed by atoms with E-state index in [2.05, 4.69) is 5.32 Å². The number of anilines is 1. The van der Waals surface area contributed by atoms with E-state index in [1.165, 1.54) is 12.1 Å². The highest BCUT2D eigenvalue weighted by Gasteiger charge is 2.19. The number of carbonyl (C=O) groups excluding carboxylic acids is 1. The standard InChI is InChI=1S/C14H19FN2O2/c1-10-4-5-11(15)7-13(10)16-14(19)9-17-6-2-3-12(18)8-17/h4-5,7,12,18H,2-3,6,8-9H2,1H3,(H,16,19)/t12-/m0/s1. The van der Waals surface area contributed by atoms with Gasteiger partial charge in [0.2, 0.25) is 5.91 Å². The number of hydrogen-bond acceptors (Lipinski definition) is 3. The van der Waals surface area contributed by atoms with Crippen molar-refractivity contribution in [3.8, 4) is 0 Å². The van der Waals surface area contributed by atoms with Crippen LogP contribution in [0.15, 0.2) is 18.2 Å². The molecular formula is C14H19FN2O2. The van der Waals surface area contributed by atoms with Crippen LogP contribution in [-0.4, -0.2) is 41.7 Å². The number of carbonyl (C=O) groups is 1. The van der Waals surface area contributed by atoms with Gasteiger partial charge in [-0.1, -0.05) is 6.07 Å². The van der Waals surface area contributed by atoms with Crippen LogP contribution < -0.4 is 5.32 Å². The SMILES string of the molecule is Cc1ccc(F)cc1NC(=O)CN1CCC[C@H](O)C1. The smallest absolute Gasteiger partial charge is 0.238 e. The van der Waals surface area contributed by atoms with Crippen molar-refractivity contribution in [1.29, 1.82) is 0 Å². The highest BCUT2D eigenvalue weighted by molar-refractivity contribution is 5.92. The zero-order valence-corrected chi connectivity index (χ0v) is 11.0. The van der Waals surface area contributed by atoms with Gasteiger partial charge in [0.15, 0.2) is 0 Å². The van der Waals surface area contributed by atoms with Gasteiger partial charge in [-0.05, 0) is 44.0 Å². The molecule has 1 amide bonds. The number of piperidine rings is 1. The fraction of sp³-hybridized carbons (Fsp3) is 0.500. The number of aryl methyl sites for hydroxylation is 1. The second kappa shape index (κ2) is 6.12. The van der Waals surface area contributed by atoms with E-state index >= 15 is 0 Å². The summed E-state index contributed by atoms with van der Waals surface area (Å²) in [5, 5.41) is 12.3. The van der Waals surface area contributed by atoms with Crippen LogP contribution >= 0.6 is 0 Å². The summed E-state index contributed by atoms with van der Waals surface area (Å²) < 4.78 is 13.1. The fourth-order valence-corrected chi connectivity index (χ4v) is 2.30. The van der Waals surface area contributed by atoms with Gasteiger partial charge >= 0.3 is 0 Å². The molecule has 2 N–H and O–H groups in total. The lowest BCUT2D eigenvalue weighted by molar-refractivity contribution is -0.118. The maximum Gasteiger partial charge on any atom is 0.238 e. The van der Waals surface area contributed by atoms with Gasteiger partial charge in [-0.3, -0.25) is 9.69 Å². The van der Waals surface area contributed by atoms with Gasteiger partial charge in [-0.2, -0.15) is 0 Å². The Kier molecular flexibility index (Phi) is 4.50. The van der Waals surface area contributed by atoms with Crippen LogP contribution in [0, 0.1) is 12.7 Å². The predicted molar refractivity (Wildman–Crippen MR) is 71.4 cm³/mol. The Morgan fingerprint density at radius 3 is 3.11 bits per heavy atom. The molecule has 19 heavy (non-hydrogen) atoms. The van der Waals surface area contributed by atoms with Gasteiger partial charge in [0.1, 0.15) is 5.82 Å². The number of halogens is 1. The molecular weight excluding hydrogens is 247 g/mol. The molecule has 0 unspecified atom stereocenters. The molecule has 1 heterocycles. The molecule has 1 fully saturated rings. The highest BCUT2D eigenvalue weighted by Crippen LogP contribution is 2.16. The van der Waals surface area contributed by atoms with Crippen LogP contribution in [-0.2, 0) is 4.79 Å². The van der Waals surface area contributed by atoms with Gasteiger partial charge < -0.3 is 10.4 Å². The molecule has 1 saturated heterocycles. The van der Waals surface area contributed by atoms with E-state index in [-0.39, 0.29) is 24.4 Å². The van der Waals surface area contributed by atoms with Crippen LogP contribution in [0.3, 0.4) is 0 Å². The Morgan fingerprint density at radius 2 is 2.37 bits per heavy atom. The Bertz CT molecular complexity index is 465. The lowest BCUT2D eigenvalue weighted by Crippen LogP contribution is -2.42. The van der Waals surface area contributed by atoms with Crippen LogP contribution in [0.2, 0.25) is 0 Å². The summed E-state index contributed by atoms with van der Waals surface area (Å²) in [6, 6.07) is 4.32. The Hall–Kier alpha value is -1.46. The molecule has 0 saturated carbocycles. The number of nitrogens with zero attached hydrogens (tertiary/aromatic N) is 1. The third kappa shape index (κ3) is 4.01. The monoisotopic (exact) mass is 266 g/mol. The number of aliphatic hydroxyl groups is 1. The molecule has 1 aliphatic rings. The average molecular weight is 266 g/mol. The van der Waals surface area contributed by atoms with Crippen LogP contribution in [0.5, 0.6) is 0 Å². The van der Waals surface area contributed by atoms with Gasteiger partial charge in [0.05, 0.1) is 12.6 Å². The molecule has 2 rings (SSSR count). The van der Waals surface area contributed by atoms with Gasteiger partial charge in [-0.15, -0.1) is 0 Å². The number of aliphatic hydroxyl groups excluding tert-OH is 1. The number of rotatable bonds is 3. The van der Waals surface area contributed by atoms with Crippen molar-refractivity contribution in [3.63, 3.8) is 0 Å². The summed E-state index contributed by atoms with van der Waals surface area (Å²) in [7, 11) is 0. The van der Waals surface area contributed by atoms with Crippen molar-refractivity contribution in [2.45, 2.75) is 25.9 Å². The second-order valence-electron chi connectivity index (χ2n) is 5.04. The van der Waals surface area contributed by atoms with Gasteiger partial charge in [0.25, 0.3) is 0 Å². The normalized spacial score (nSPS) is 20.3. The highest BCUT2D eigenvalue weighted by atomic mass is 19.1. The first-order valence-electron chi connectivity index (χ1n) is 6.51. The Morgan fingerprint density at radius 1 is 1.58 bits per heavy atom. The molecule has 1 aliphatic heterocycles. The van der Waals surface area contributed by atoms with Crippen LogP contribution in [0.4, 0.5) is 10.1 Å². The van der Waals surface area contributed by atoms with Gasteiger partial charge in [-0.25, -0.2) is 4.39 Å². The van der Waals surface area contributed by atoms with E-state index in [1.54, 1.807) is 6.07 Å². The first-order chi connectivity index (χ1) is 9.04. The third-order valence-corrected chi connectivity index (χ3v) is 3.32. The predicted octanol–water partition coefficient (Wildman–Crippen LogP) is 1.53. The fourth-order valence-electron chi connectivity index (χ4n) is 2.30. The largest absolute Gasteiger partial charge is 0.392 e. The summed E-state index contributed by atoms with van der Waals surface area (Å²) in [4.78, 5) is 13.8. The average Bonchev–Trinajstić information content (AvgIpc) is 2.34. The van der Waals surface area contributed by atoms with E-state index < -0.39 is 0 Å². The zero-order chi connectivity index (χ0) is 13.8. The minimum atomic E-state index is -0.366. The number of likely N-dealkylation sites (tertiary alicyclic amines) is 1. The number of β-amino-alcohol motifs (C(OH)–C–C–N with tert-alkyl or cyclic N) is 1. The molecule has 4 nitrogen and oxygen atoms in total. The van der Waals surface area contributed by atoms with Crippen molar-refractivity contribution in [1.82, 2.24) is 4.90 Å². The third-order valence-electron chi connectivity index (χ3n) is 3.32. The number of amides is 1. The van der Waals surface area contributed by atoms with Crippen molar-refractivity contribution in [2.75, 3.05) is 25.0 Å². The summed E-state index contributed by atoms with van der Waals surface area (Å²) in [5.41, 5.74) is 1.33. The minimum absolute atomic E-state index is 0.178. The van der Waals surface area contributed by atoms with Crippen molar-refractivity contribution < 1.29 is 14.3 Å². The lowest BCUT2D eigenvalue weighted by Gasteiger charge is -2.29. The molecule has 5 heteroatoms. The maximum absolute atomic E-state index is 13.1. The van der Waals surface area contributed by atoms with Crippen LogP contribution in [0.25, 0.3) is 0 Å². The Balaban J connectivity index is 1.92. The zero-order valence-electron chi connectivity index (χ0n) is 11.0. The summed E-state index contributed by atoms with van der Waals surface area (Å²) in [6.07, 6.45) is 1.34. The number of nitrogens with one attached hydrogen (secondary N) is 1. The molecule has 1 aromatic carbocycles. The molecule has 0 spiro atoms. The van der Waals surface area contributed by atoms with E-state index in [0.29, 0.717) is 12.2 Å². The molecule has 0 aromatic heterocycles. The number of benzene rings is 1.